The third kappa shape index (κ3) is 4.68. The molecule has 0 unspecified atom stereocenters. The summed E-state index contributed by atoms with van der Waals surface area (Å²) < 4.78 is 4.79. The molecule has 2 aromatic rings. The maximum atomic E-state index is 11.9. The van der Waals surface area contributed by atoms with Crippen molar-refractivity contribution in [2.24, 2.45) is 0 Å². The number of hydrogen-bond donors (Lipinski definition) is 1. The van der Waals surface area contributed by atoms with Crippen molar-refractivity contribution in [2.75, 3.05) is 11.9 Å². The number of ether oxygens (including phenoxy) is 1. The Bertz CT molecular complexity index is 810. The maximum absolute atomic E-state index is 11.9. The zero-order chi connectivity index (χ0) is 17.7. The second-order valence-electron chi connectivity index (χ2n) is 4.55. The molecule has 0 spiro atoms. The molecule has 1 N–H and O–H groups in total. The number of rotatable bonds is 5. The number of halogens is 2. The van der Waals surface area contributed by atoms with E-state index < -0.39 is 29.1 Å². The van der Waals surface area contributed by atoms with Gasteiger partial charge in [-0.1, -0.05) is 29.3 Å². The van der Waals surface area contributed by atoms with E-state index in [-0.39, 0.29) is 10.6 Å². The molecule has 0 aliphatic carbocycles. The van der Waals surface area contributed by atoms with E-state index in [2.05, 4.69) is 5.32 Å². The summed E-state index contributed by atoms with van der Waals surface area (Å²) in [6, 6.07) is 9.91. The summed E-state index contributed by atoms with van der Waals surface area (Å²) in [4.78, 5) is 33.8. The van der Waals surface area contributed by atoms with Crippen molar-refractivity contribution < 1.29 is 19.2 Å². The minimum atomic E-state index is -1.00. The SMILES string of the molecule is O=C(COC(=O)c1ccc(Cl)cc1[N+](=O)[O-])Nc1cccc(Cl)c1. The van der Waals surface area contributed by atoms with Gasteiger partial charge in [-0.15, -0.1) is 0 Å². The zero-order valence-electron chi connectivity index (χ0n) is 12.0. The lowest BCUT2D eigenvalue weighted by molar-refractivity contribution is -0.385. The fraction of sp³-hybridized carbons (Fsp3) is 0.0667. The topological polar surface area (TPSA) is 98.5 Å². The molecule has 2 aromatic carbocycles. The van der Waals surface area contributed by atoms with Crippen LogP contribution in [0, 0.1) is 10.1 Å². The van der Waals surface area contributed by atoms with E-state index in [0.29, 0.717) is 10.7 Å². The number of anilines is 1. The summed E-state index contributed by atoms with van der Waals surface area (Å²) in [6.45, 7) is -0.606. The number of hydrogen-bond acceptors (Lipinski definition) is 5. The minimum Gasteiger partial charge on any atom is -0.452 e. The number of esters is 1. The van der Waals surface area contributed by atoms with Gasteiger partial charge in [-0.3, -0.25) is 14.9 Å². The number of carbonyl (C=O) groups is 2. The van der Waals surface area contributed by atoms with Gasteiger partial charge in [0.25, 0.3) is 11.6 Å². The van der Waals surface area contributed by atoms with Crippen LogP contribution in [0.15, 0.2) is 42.5 Å². The molecule has 0 aliphatic rings. The average Bonchev–Trinajstić information content (AvgIpc) is 2.52. The molecule has 1 amide bonds. The predicted molar refractivity (Wildman–Crippen MR) is 88.5 cm³/mol. The molecule has 124 valence electrons. The first kappa shape index (κ1) is 17.7. The lowest BCUT2D eigenvalue weighted by atomic mass is 10.2. The van der Waals surface area contributed by atoms with Gasteiger partial charge in [-0.05, 0) is 30.3 Å². The highest BCUT2D eigenvalue weighted by Crippen LogP contribution is 2.24. The minimum absolute atomic E-state index is 0.108. The van der Waals surface area contributed by atoms with E-state index in [1.807, 2.05) is 0 Å². The van der Waals surface area contributed by atoms with Crippen molar-refractivity contribution in [1.82, 2.24) is 0 Å². The molecule has 0 heterocycles. The molecule has 0 bridgehead atoms. The van der Waals surface area contributed by atoms with Crippen molar-refractivity contribution >= 4 is 46.5 Å². The first-order valence-electron chi connectivity index (χ1n) is 6.53. The van der Waals surface area contributed by atoms with Crippen molar-refractivity contribution in [2.45, 2.75) is 0 Å². The summed E-state index contributed by atoms with van der Waals surface area (Å²) in [5.74, 6) is -1.61. The summed E-state index contributed by atoms with van der Waals surface area (Å²) in [5, 5.41) is 14.0. The Morgan fingerprint density at radius 1 is 1.12 bits per heavy atom. The van der Waals surface area contributed by atoms with Crippen LogP contribution >= 0.6 is 23.2 Å². The molecule has 7 nitrogen and oxygen atoms in total. The van der Waals surface area contributed by atoms with Gasteiger partial charge in [0, 0.05) is 21.8 Å². The van der Waals surface area contributed by atoms with E-state index in [9.17, 15) is 19.7 Å². The monoisotopic (exact) mass is 368 g/mol. The fourth-order valence-electron chi connectivity index (χ4n) is 1.80. The van der Waals surface area contributed by atoms with E-state index in [4.69, 9.17) is 27.9 Å². The number of nitro benzene ring substituents is 1. The number of nitro groups is 1. The third-order valence-electron chi connectivity index (χ3n) is 2.82. The van der Waals surface area contributed by atoms with Crippen LogP contribution in [0.3, 0.4) is 0 Å². The van der Waals surface area contributed by atoms with Crippen LogP contribution in [0.25, 0.3) is 0 Å². The van der Waals surface area contributed by atoms with Gasteiger partial charge >= 0.3 is 5.97 Å². The molecule has 0 fully saturated rings. The van der Waals surface area contributed by atoms with E-state index >= 15 is 0 Å². The van der Waals surface area contributed by atoms with Crippen molar-refractivity contribution in [3.63, 3.8) is 0 Å². The summed E-state index contributed by atoms with van der Waals surface area (Å²) in [5.41, 5.74) is -0.358. The Labute approximate surface area is 146 Å². The van der Waals surface area contributed by atoms with Gasteiger partial charge in [0.15, 0.2) is 6.61 Å². The molecule has 2 rings (SSSR count). The first-order valence-corrected chi connectivity index (χ1v) is 7.29. The Hall–Kier alpha value is -2.64. The fourth-order valence-corrected chi connectivity index (χ4v) is 2.16. The summed E-state index contributed by atoms with van der Waals surface area (Å²) in [7, 11) is 0. The number of amides is 1. The van der Waals surface area contributed by atoms with Gasteiger partial charge in [0.2, 0.25) is 0 Å². The van der Waals surface area contributed by atoms with E-state index in [1.165, 1.54) is 12.1 Å². The summed E-state index contributed by atoms with van der Waals surface area (Å²) >= 11 is 11.4. The molecule has 24 heavy (non-hydrogen) atoms. The average molecular weight is 369 g/mol. The lowest BCUT2D eigenvalue weighted by Gasteiger charge is -2.07. The number of carbonyl (C=O) groups excluding carboxylic acids is 2. The zero-order valence-corrected chi connectivity index (χ0v) is 13.5. The number of nitrogens with one attached hydrogen (secondary N) is 1. The van der Waals surface area contributed by atoms with Gasteiger partial charge < -0.3 is 10.1 Å². The number of nitrogens with zero attached hydrogens (tertiary/aromatic N) is 1. The smallest absolute Gasteiger partial charge is 0.345 e. The number of benzene rings is 2. The molecule has 0 radical (unpaired) electrons. The highest BCUT2D eigenvalue weighted by molar-refractivity contribution is 6.31. The van der Waals surface area contributed by atoms with Crippen LogP contribution in [0.1, 0.15) is 10.4 Å². The van der Waals surface area contributed by atoms with Crippen LogP contribution in [0.5, 0.6) is 0 Å². The second kappa shape index (κ2) is 7.76. The maximum Gasteiger partial charge on any atom is 0.345 e. The molecule has 0 saturated carbocycles. The molecule has 0 atom stereocenters. The molecule has 0 saturated heterocycles. The second-order valence-corrected chi connectivity index (χ2v) is 5.43. The van der Waals surface area contributed by atoms with Gasteiger partial charge in [0.05, 0.1) is 4.92 Å². The van der Waals surface area contributed by atoms with Crippen LogP contribution in [0.2, 0.25) is 10.0 Å². The molecule has 9 heteroatoms. The Morgan fingerprint density at radius 3 is 2.50 bits per heavy atom. The third-order valence-corrected chi connectivity index (χ3v) is 3.29. The van der Waals surface area contributed by atoms with Crippen LogP contribution in [-0.2, 0) is 9.53 Å². The van der Waals surface area contributed by atoms with Crippen molar-refractivity contribution in [3.8, 4) is 0 Å². The Morgan fingerprint density at radius 2 is 1.83 bits per heavy atom. The lowest BCUT2D eigenvalue weighted by Crippen LogP contribution is -2.21. The van der Waals surface area contributed by atoms with Crippen LogP contribution < -0.4 is 5.32 Å². The molecule has 0 aliphatic heterocycles. The van der Waals surface area contributed by atoms with Crippen LogP contribution in [-0.4, -0.2) is 23.4 Å². The quantitative estimate of drug-likeness (QED) is 0.492. The molecular weight excluding hydrogens is 359 g/mol. The molecular formula is C15H10Cl2N2O5. The summed E-state index contributed by atoms with van der Waals surface area (Å²) in [6.07, 6.45) is 0. The highest BCUT2D eigenvalue weighted by Gasteiger charge is 2.22. The van der Waals surface area contributed by atoms with E-state index in [1.54, 1.807) is 18.2 Å². The standard InChI is InChI=1S/C15H10Cl2N2O5/c16-9-2-1-3-11(6-9)18-14(20)8-24-15(21)12-5-4-10(17)7-13(12)19(22)23/h1-7H,8H2,(H,18,20). The largest absolute Gasteiger partial charge is 0.452 e. The van der Waals surface area contributed by atoms with Crippen LogP contribution in [0.4, 0.5) is 11.4 Å². The highest BCUT2D eigenvalue weighted by atomic mass is 35.5. The van der Waals surface area contributed by atoms with Gasteiger partial charge in [0.1, 0.15) is 5.56 Å². The molecule has 0 aromatic heterocycles. The predicted octanol–water partition coefficient (Wildman–Crippen LogP) is 3.70. The van der Waals surface area contributed by atoms with E-state index in [0.717, 1.165) is 12.1 Å². The van der Waals surface area contributed by atoms with Crippen molar-refractivity contribution in [3.05, 3.63) is 68.2 Å². The van der Waals surface area contributed by atoms with Crippen molar-refractivity contribution in [1.29, 1.82) is 0 Å². The Kier molecular flexibility index (Phi) is 5.73. The first-order chi connectivity index (χ1) is 11.4. The normalized spacial score (nSPS) is 10.1. The Balaban J connectivity index is 2.00. The van der Waals surface area contributed by atoms with Gasteiger partial charge in [-0.2, -0.15) is 0 Å². The van der Waals surface area contributed by atoms with Gasteiger partial charge in [-0.25, -0.2) is 4.79 Å².